The first-order valence-corrected chi connectivity index (χ1v) is 9.66. The summed E-state index contributed by atoms with van der Waals surface area (Å²) in [5.41, 5.74) is 1.99. The maximum Gasteiger partial charge on any atom is 0.163 e. The Morgan fingerprint density at radius 3 is 2.20 bits per heavy atom. The fraction of sp³-hybridized carbons (Fsp3) is 0.619. The quantitative estimate of drug-likeness (QED) is 0.779. The molecule has 2 aromatic rings. The number of fused-ring (bicyclic) bond motifs is 3. The summed E-state index contributed by atoms with van der Waals surface area (Å²) in [5, 5.41) is 9.23. The lowest BCUT2D eigenvalue weighted by Crippen LogP contribution is -2.45. The Morgan fingerprint density at radius 1 is 1.00 bits per heavy atom. The minimum atomic E-state index is 0.252. The van der Waals surface area contributed by atoms with Gasteiger partial charge in [-0.15, -0.1) is 10.2 Å². The molecule has 25 heavy (non-hydrogen) atoms. The lowest BCUT2D eigenvalue weighted by Gasteiger charge is -2.53. The van der Waals surface area contributed by atoms with Crippen molar-refractivity contribution < 1.29 is 4.74 Å². The lowest BCUT2D eigenvalue weighted by atomic mass is 9.52. The zero-order chi connectivity index (χ0) is 17.5. The molecule has 0 radical (unpaired) electrons. The Morgan fingerprint density at radius 2 is 1.64 bits per heavy atom. The van der Waals surface area contributed by atoms with Crippen molar-refractivity contribution >= 4 is 0 Å². The second kappa shape index (κ2) is 6.15. The molecule has 3 aliphatic carbocycles. The van der Waals surface area contributed by atoms with Crippen LogP contribution in [0.3, 0.4) is 0 Å². The first kappa shape index (κ1) is 16.6. The predicted octanol–water partition coefficient (Wildman–Crippen LogP) is 4.88. The Hall–Kier alpha value is -1.84. The molecule has 1 aromatic heterocycles. The molecule has 4 heteroatoms. The van der Waals surface area contributed by atoms with Gasteiger partial charge in [0.1, 0.15) is 11.6 Å². The molecular formula is C21H29N3O. The van der Waals surface area contributed by atoms with E-state index < -0.39 is 0 Å². The number of rotatable bonds is 5. The third-order valence-corrected chi connectivity index (χ3v) is 6.88. The molecule has 0 N–H and O–H groups in total. The highest BCUT2D eigenvalue weighted by molar-refractivity contribution is 5.56. The van der Waals surface area contributed by atoms with Gasteiger partial charge in [-0.2, -0.15) is 0 Å². The van der Waals surface area contributed by atoms with E-state index in [0.29, 0.717) is 5.41 Å². The first-order valence-electron chi connectivity index (χ1n) is 9.66. The van der Waals surface area contributed by atoms with Crippen molar-refractivity contribution in [3.63, 3.8) is 0 Å². The standard InChI is InChI=1S/C21H29N3O/c1-4-9-20-10-13-21(14-11-20,15-12-20)19-23-22-18(24(19)2)16-5-7-17(25-3)8-6-16/h5-8H,4,9-15H2,1-3H3. The van der Waals surface area contributed by atoms with E-state index in [1.807, 2.05) is 12.1 Å². The van der Waals surface area contributed by atoms with Crippen LogP contribution in [0.25, 0.3) is 11.4 Å². The normalized spacial score (nSPS) is 28.3. The van der Waals surface area contributed by atoms with Crippen LogP contribution in [-0.4, -0.2) is 21.9 Å². The van der Waals surface area contributed by atoms with Gasteiger partial charge in [0.2, 0.25) is 0 Å². The summed E-state index contributed by atoms with van der Waals surface area (Å²) in [5.74, 6) is 3.03. The predicted molar refractivity (Wildman–Crippen MR) is 99.7 cm³/mol. The van der Waals surface area contributed by atoms with E-state index in [9.17, 15) is 0 Å². The summed E-state index contributed by atoms with van der Waals surface area (Å²) < 4.78 is 7.50. The van der Waals surface area contributed by atoms with Crippen LogP contribution in [0.2, 0.25) is 0 Å². The van der Waals surface area contributed by atoms with Gasteiger partial charge in [0.25, 0.3) is 0 Å². The minimum absolute atomic E-state index is 0.252. The minimum Gasteiger partial charge on any atom is -0.497 e. The molecule has 3 saturated carbocycles. The molecular weight excluding hydrogens is 310 g/mol. The topological polar surface area (TPSA) is 39.9 Å². The lowest BCUT2D eigenvalue weighted by molar-refractivity contribution is 0.0264. The molecule has 3 aliphatic rings. The summed E-state index contributed by atoms with van der Waals surface area (Å²) in [7, 11) is 3.82. The van der Waals surface area contributed by atoms with Crippen molar-refractivity contribution in [3.05, 3.63) is 30.1 Å². The molecule has 0 unspecified atom stereocenters. The summed E-state index contributed by atoms with van der Waals surface area (Å²) in [6.45, 7) is 2.33. The number of methoxy groups -OCH3 is 1. The highest BCUT2D eigenvalue weighted by Gasteiger charge is 2.50. The zero-order valence-electron chi connectivity index (χ0n) is 15.7. The van der Waals surface area contributed by atoms with Gasteiger partial charge in [0.15, 0.2) is 5.82 Å². The highest BCUT2D eigenvalue weighted by Crippen LogP contribution is 2.59. The van der Waals surface area contributed by atoms with Crippen LogP contribution < -0.4 is 4.74 Å². The molecule has 0 aliphatic heterocycles. The number of ether oxygens (including phenoxy) is 1. The van der Waals surface area contributed by atoms with Crippen LogP contribution in [0.4, 0.5) is 0 Å². The SMILES string of the molecule is CCCC12CCC(c3nnc(-c4ccc(OC)cc4)n3C)(CC1)CC2. The molecule has 134 valence electrons. The van der Waals surface area contributed by atoms with E-state index in [4.69, 9.17) is 4.74 Å². The van der Waals surface area contributed by atoms with Gasteiger partial charge < -0.3 is 9.30 Å². The van der Waals surface area contributed by atoms with Gasteiger partial charge in [0, 0.05) is 18.0 Å². The third-order valence-electron chi connectivity index (χ3n) is 6.88. The zero-order valence-corrected chi connectivity index (χ0v) is 15.7. The molecule has 3 fully saturated rings. The average molecular weight is 339 g/mol. The van der Waals surface area contributed by atoms with E-state index in [1.165, 1.54) is 57.2 Å². The van der Waals surface area contributed by atoms with Crippen molar-refractivity contribution in [3.8, 4) is 17.1 Å². The monoisotopic (exact) mass is 339 g/mol. The van der Waals surface area contributed by atoms with Crippen LogP contribution in [-0.2, 0) is 12.5 Å². The van der Waals surface area contributed by atoms with Crippen molar-refractivity contribution in [2.45, 2.75) is 63.7 Å². The van der Waals surface area contributed by atoms with Crippen molar-refractivity contribution in [1.29, 1.82) is 0 Å². The number of hydrogen-bond donors (Lipinski definition) is 0. The van der Waals surface area contributed by atoms with Crippen molar-refractivity contribution in [2.24, 2.45) is 12.5 Å². The Balaban J connectivity index is 1.61. The van der Waals surface area contributed by atoms with E-state index in [1.54, 1.807) is 7.11 Å². The third kappa shape index (κ3) is 2.66. The molecule has 1 aromatic carbocycles. The smallest absolute Gasteiger partial charge is 0.163 e. The summed E-state index contributed by atoms with van der Waals surface area (Å²) in [4.78, 5) is 0. The summed E-state index contributed by atoms with van der Waals surface area (Å²) in [6, 6.07) is 8.11. The molecule has 0 spiro atoms. The molecule has 0 atom stereocenters. The van der Waals surface area contributed by atoms with Crippen molar-refractivity contribution in [1.82, 2.24) is 14.8 Å². The Bertz CT molecular complexity index is 722. The molecule has 5 rings (SSSR count). The number of aromatic nitrogens is 3. The largest absolute Gasteiger partial charge is 0.497 e. The molecule has 4 nitrogen and oxygen atoms in total. The van der Waals surface area contributed by atoms with Crippen LogP contribution >= 0.6 is 0 Å². The Labute approximate surface area is 150 Å². The second-order valence-corrected chi connectivity index (χ2v) is 8.17. The number of nitrogens with zero attached hydrogens (tertiary/aromatic N) is 3. The van der Waals surface area contributed by atoms with Gasteiger partial charge >= 0.3 is 0 Å². The average Bonchev–Trinajstić information content (AvgIpc) is 3.05. The highest BCUT2D eigenvalue weighted by atomic mass is 16.5. The van der Waals surface area contributed by atoms with Gasteiger partial charge in [-0.25, -0.2) is 0 Å². The van der Waals surface area contributed by atoms with Gasteiger partial charge in [-0.1, -0.05) is 13.3 Å². The van der Waals surface area contributed by atoms with Gasteiger partial charge in [0.05, 0.1) is 7.11 Å². The van der Waals surface area contributed by atoms with Crippen LogP contribution in [0.15, 0.2) is 24.3 Å². The molecule has 1 heterocycles. The van der Waals surface area contributed by atoms with Gasteiger partial charge in [-0.3, -0.25) is 0 Å². The van der Waals surface area contributed by atoms with Crippen molar-refractivity contribution in [2.75, 3.05) is 7.11 Å². The van der Waals surface area contributed by atoms with E-state index in [2.05, 4.69) is 40.9 Å². The first-order chi connectivity index (χ1) is 12.1. The number of benzene rings is 1. The number of hydrogen-bond acceptors (Lipinski definition) is 3. The maximum absolute atomic E-state index is 5.26. The molecule has 2 bridgehead atoms. The van der Waals surface area contributed by atoms with E-state index >= 15 is 0 Å². The fourth-order valence-electron chi connectivity index (χ4n) is 5.29. The van der Waals surface area contributed by atoms with Crippen LogP contribution in [0.1, 0.15) is 64.1 Å². The summed E-state index contributed by atoms with van der Waals surface area (Å²) >= 11 is 0. The fourth-order valence-corrected chi connectivity index (χ4v) is 5.29. The molecule has 0 saturated heterocycles. The maximum atomic E-state index is 5.26. The molecule has 0 amide bonds. The van der Waals surface area contributed by atoms with Gasteiger partial charge in [-0.05, 0) is 74.6 Å². The van der Waals surface area contributed by atoms with E-state index in [-0.39, 0.29) is 5.41 Å². The van der Waals surface area contributed by atoms with Crippen LogP contribution in [0.5, 0.6) is 5.75 Å². The van der Waals surface area contributed by atoms with Crippen LogP contribution in [0, 0.1) is 5.41 Å². The van der Waals surface area contributed by atoms with E-state index in [0.717, 1.165) is 17.1 Å². The summed E-state index contributed by atoms with van der Waals surface area (Å²) in [6.07, 6.45) is 10.7. The Kier molecular flexibility index (Phi) is 4.09. The second-order valence-electron chi connectivity index (χ2n) is 8.17.